The fraction of sp³-hybridized carbons (Fsp3) is 0.250. The Labute approximate surface area is 162 Å². The van der Waals surface area contributed by atoms with Crippen LogP contribution < -0.4 is 10.6 Å². The highest BCUT2D eigenvalue weighted by atomic mass is 32.1. The maximum absolute atomic E-state index is 12.4. The number of nitrogens with zero attached hydrogens (tertiary/aromatic N) is 2. The van der Waals surface area contributed by atoms with Crippen molar-refractivity contribution in [3.63, 3.8) is 0 Å². The molecule has 0 atom stereocenters. The molecular formula is C20H22N4O2S. The summed E-state index contributed by atoms with van der Waals surface area (Å²) in [5.41, 5.74) is 2.44. The van der Waals surface area contributed by atoms with Gasteiger partial charge in [0, 0.05) is 41.8 Å². The quantitative estimate of drug-likeness (QED) is 0.687. The van der Waals surface area contributed by atoms with Crippen molar-refractivity contribution >= 4 is 23.2 Å². The second-order valence-corrected chi connectivity index (χ2v) is 7.66. The molecule has 0 fully saturated rings. The molecule has 0 saturated heterocycles. The van der Waals surface area contributed by atoms with Crippen LogP contribution in [0.1, 0.15) is 39.4 Å². The first-order valence-electron chi connectivity index (χ1n) is 8.69. The number of hydrogen-bond donors (Lipinski definition) is 2. The van der Waals surface area contributed by atoms with E-state index in [4.69, 9.17) is 0 Å². The van der Waals surface area contributed by atoms with Crippen LogP contribution in [0.25, 0.3) is 10.4 Å². The predicted octanol–water partition coefficient (Wildman–Crippen LogP) is 3.22. The minimum atomic E-state index is -0.143. The van der Waals surface area contributed by atoms with E-state index in [1.165, 1.54) is 11.3 Å². The molecule has 140 valence electrons. The maximum Gasteiger partial charge on any atom is 0.261 e. The zero-order valence-corrected chi connectivity index (χ0v) is 16.3. The van der Waals surface area contributed by atoms with Gasteiger partial charge in [-0.3, -0.25) is 14.3 Å². The third kappa shape index (κ3) is 4.83. The summed E-state index contributed by atoms with van der Waals surface area (Å²) in [6.45, 7) is 4.29. The van der Waals surface area contributed by atoms with Crippen LogP contribution >= 0.6 is 11.3 Å². The molecule has 0 bridgehead atoms. The molecule has 2 amide bonds. The lowest BCUT2D eigenvalue weighted by Crippen LogP contribution is -2.29. The van der Waals surface area contributed by atoms with Crippen LogP contribution in [-0.4, -0.2) is 27.6 Å². The van der Waals surface area contributed by atoms with Crippen LogP contribution in [0.2, 0.25) is 0 Å². The predicted molar refractivity (Wildman–Crippen MR) is 107 cm³/mol. The third-order valence-corrected chi connectivity index (χ3v) is 5.00. The summed E-state index contributed by atoms with van der Waals surface area (Å²) in [6.07, 6.45) is 3.60. The molecule has 0 aliphatic rings. The molecule has 0 aliphatic heterocycles. The van der Waals surface area contributed by atoms with Crippen LogP contribution in [0.4, 0.5) is 0 Å². The average Bonchev–Trinajstić information content (AvgIpc) is 3.28. The van der Waals surface area contributed by atoms with Gasteiger partial charge in [-0.15, -0.1) is 11.3 Å². The Balaban J connectivity index is 1.70. The van der Waals surface area contributed by atoms with Gasteiger partial charge in [-0.05, 0) is 43.7 Å². The van der Waals surface area contributed by atoms with Crippen LogP contribution in [-0.2, 0) is 13.6 Å². The molecule has 2 heterocycles. The largest absolute Gasteiger partial charge is 0.349 e. The third-order valence-electron chi connectivity index (χ3n) is 3.87. The summed E-state index contributed by atoms with van der Waals surface area (Å²) < 4.78 is 1.70. The van der Waals surface area contributed by atoms with E-state index in [2.05, 4.69) is 15.7 Å². The van der Waals surface area contributed by atoms with E-state index in [0.717, 1.165) is 16.0 Å². The summed E-state index contributed by atoms with van der Waals surface area (Å²) >= 11 is 1.41. The highest BCUT2D eigenvalue weighted by molar-refractivity contribution is 7.17. The first-order chi connectivity index (χ1) is 12.9. The Morgan fingerprint density at radius 3 is 2.70 bits per heavy atom. The topological polar surface area (TPSA) is 76.0 Å². The van der Waals surface area contributed by atoms with E-state index in [-0.39, 0.29) is 17.9 Å². The molecule has 3 aromatic rings. The molecule has 0 aliphatic carbocycles. The number of thiophene rings is 1. The summed E-state index contributed by atoms with van der Waals surface area (Å²) in [7, 11) is 1.84. The first-order valence-corrected chi connectivity index (χ1v) is 9.51. The number of aromatic nitrogens is 2. The van der Waals surface area contributed by atoms with Gasteiger partial charge in [0.15, 0.2) is 0 Å². The lowest BCUT2D eigenvalue weighted by atomic mass is 10.1. The molecule has 3 rings (SSSR count). The second-order valence-electron chi connectivity index (χ2n) is 6.58. The number of hydrogen-bond acceptors (Lipinski definition) is 4. The molecule has 2 N–H and O–H groups in total. The molecule has 0 radical (unpaired) electrons. The standard InChI is InChI=1S/C20H22N4O2S/c1-13(2)23-20(26)18-8-7-17(27-18)15-5-4-6-16(9-15)19(25)21-10-14-11-22-24(3)12-14/h4-9,11-13H,10H2,1-3H3,(H,21,25)(H,23,26). The number of carbonyl (C=O) groups is 2. The Kier molecular flexibility index (Phi) is 5.71. The van der Waals surface area contributed by atoms with Gasteiger partial charge in [-0.2, -0.15) is 5.10 Å². The summed E-state index contributed by atoms with van der Waals surface area (Å²) in [6, 6.07) is 11.2. The van der Waals surface area contributed by atoms with Crippen LogP contribution in [0.3, 0.4) is 0 Å². The number of benzene rings is 1. The Morgan fingerprint density at radius 1 is 1.19 bits per heavy atom. The van der Waals surface area contributed by atoms with E-state index >= 15 is 0 Å². The van der Waals surface area contributed by atoms with E-state index in [1.807, 2.05) is 57.4 Å². The molecular weight excluding hydrogens is 360 g/mol. The summed E-state index contributed by atoms with van der Waals surface area (Å²) in [4.78, 5) is 26.2. The van der Waals surface area contributed by atoms with Crippen LogP contribution in [0.15, 0.2) is 48.8 Å². The van der Waals surface area contributed by atoms with Gasteiger partial charge in [-0.25, -0.2) is 0 Å². The zero-order chi connectivity index (χ0) is 19.4. The lowest BCUT2D eigenvalue weighted by Gasteiger charge is -2.06. The smallest absolute Gasteiger partial charge is 0.261 e. The van der Waals surface area contributed by atoms with Crippen molar-refractivity contribution in [1.82, 2.24) is 20.4 Å². The van der Waals surface area contributed by atoms with Crippen LogP contribution in [0.5, 0.6) is 0 Å². The molecule has 0 unspecified atom stereocenters. The van der Waals surface area contributed by atoms with E-state index in [1.54, 1.807) is 16.9 Å². The number of rotatable bonds is 6. The molecule has 0 spiro atoms. The summed E-state index contributed by atoms with van der Waals surface area (Å²) in [5, 5.41) is 9.88. The number of nitrogens with one attached hydrogen (secondary N) is 2. The van der Waals surface area contributed by atoms with Gasteiger partial charge in [0.2, 0.25) is 0 Å². The van der Waals surface area contributed by atoms with Gasteiger partial charge in [0.1, 0.15) is 0 Å². The normalized spacial score (nSPS) is 10.8. The van der Waals surface area contributed by atoms with Crippen molar-refractivity contribution in [1.29, 1.82) is 0 Å². The van der Waals surface area contributed by atoms with Crippen molar-refractivity contribution in [2.24, 2.45) is 7.05 Å². The average molecular weight is 382 g/mol. The van der Waals surface area contributed by atoms with Gasteiger partial charge in [0.25, 0.3) is 11.8 Å². The summed E-state index contributed by atoms with van der Waals surface area (Å²) in [5.74, 6) is -0.221. The van der Waals surface area contributed by atoms with E-state index in [0.29, 0.717) is 17.0 Å². The molecule has 6 nitrogen and oxygen atoms in total. The van der Waals surface area contributed by atoms with Crippen molar-refractivity contribution in [3.05, 3.63) is 64.8 Å². The van der Waals surface area contributed by atoms with Crippen molar-refractivity contribution in [3.8, 4) is 10.4 Å². The number of aryl methyl sites for hydroxylation is 1. The van der Waals surface area contributed by atoms with Gasteiger partial charge < -0.3 is 10.6 Å². The molecule has 1 aromatic carbocycles. The Hall–Kier alpha value is -2.93. The SMILES string of the molecule is CC(C)NC(=O)c1ccc(-c2cccc(C(=O)NCc3cnn(C)c3)c2)s1. The second kappa shape index (κ2) is 8.18. The van der Waals surface area contributed by atoms with Crippen LogP contribution in [0, 0.1) is 0 Å². The number of carbonyl (C=O) groups excluding carboxylic acids is 2. The number of amides is 2. The van der Waals surface area contributed by atoms with Gasteiger partial charge >= 0.3 is 0 Å². The van der Waals surface area contributed by atoms with Crippen molar-refractivity contribution in [2.45, 2.75) is 26.4 Å². The minimum absolute atomic E-state index is 0.0772. The van der Waals surface area contributed by atoms with Crippen molar-refractivity contribution < 1.29 is 9.59 Å². The lowest BCUT2D eigenvalue weighted by molar-refractivity contribution is 0.0940. The maximum atomic E-state index is 12.4. The van der Waals surface area contributed by atoms with Gasteiger partial charge in [-0.1, -0.05) is 12.1 Å². The fourth-order valence-corrected chi connectivity index (χ4v) is 3.52. The molecule has 0 saturated carbocycles. The molecule has 27 heavy (non-hydrogen) atoms. The first kappa shape index (κ1) is 18.8. The molecule has 7 heteroatoms. The van der Waals surface area contributed by atoms with E-state index in [9.17, 15) is 9.59 Å². The fourth-order valence-electron chi connectivity index (χ4n) is 2.61. The highest BCUT2D eigenvalue weighted by Gasteiger charge is 2.13. The van der Waals surface area contributed by atoms with Crippen molar-refractivity contribution in [2.75, 3.05) is 0 Å². The Bertz CT molecular complexity index is 958. The monoisotopic (exact) mass is 382 g/mol. The van der Waals surface area contributed by atoms with Gasteiger partial charge in [0.05, 0.1) is 11.1 Å². The Morgan fingerprint density at radius 2 is 2.00 bits per heavy atom. The minimum Gasteiger partial charge on any atom is -0.349 e. The zero-order valence-electron chi connectivity index (χ0n) is 15.5. The highest BCUT2D eigenvalue weighted by Crippen LogP contribution is 2.28. The molecule has 2 aromatic heterocycles. The van der Waals surface area contributed by atoms with E-state index < -0.39 is 0 Å².